The lowest BCUT2D eigenvalue weighted by Gasteiger charge is -2.32. The predicted octanol–water partition coefficient (Wildman–Crippen LogP) is 4.43. The number of anilines is 4. The Bertz CT molecular complexity index is 1130. The van der Waals surface area contributed by atoms with Crippen molar-refractivity contribution in [3.05, 3.63) is 35.5 Å². The molecule has 0 spiro atoms. The van der Waals surface area contributed by atoms with Crippen molar-refractivity contribution in [3.8, 4) is 0 Å². The molecular formula is C27H38F2N6O3S. The second-order valence-electron chi connectivity index (χ2n) is 10.3. The number of fused-ring (bicyclic) bond motifs is 1. The van der Waals surface area contributed by atoms with Gasteiger partial charge in [0.25, 0.3) is 11.8 Å². The van der Waals surface area contributed by atoms with Crippen molar-refractivity contribution in [2.75, 3.05) is 72.6 Å². The van der Waals surface area contributed by atoms with E-state index in [9.17, 15) is 13.6 Å². The molecule has 1 aromatic heterocycles. The monoisotopic (exact) mass is 564 g/mol. The number of aliphatic hydroxyl groups is 1. The molecule has 0 radical (unpaired) electrons. The quantitative estimate of drug-likeness (QED) is 0.317. The summed E-state index contributed by atoms with van der Waals surface area (Å²) in [6, 6.07) is 7.35. The van der Waals surface area contributed by atoms with Crippen LogP contribution in [0.15, 0.2) is 24.3 Å². The molecule has 0 bridgehead atoms. The van der Waals surface area contributed by atoms with Crippen LogP contribution in [0.5, 0.6) is 0 Å². The van der Waals surface area contributed by atoms with Gasteiger partial charge in [-0.05, 0) is 49.8 Å². The second-order valence-corrected chi connectivity index (χ2v) is 11.2. The van der Waals surface area contributed by atoms with E-state index in [1.54, 1.807) is 32.1 Å². The van der Waals surface area contributed by atoms with Crippen molar-refractivity contribution in [2.45, 2.75) is 38.5 Å². The van der Waals surface area contributed by atoms with Crippen molar-refractivity contribution in [2.24, 2.45) is 11.8 Å². The van der Waals surface area contributed by atoms with Gasteiger partial charge in [0.15, 0.2) is 0 Å². The van der Waals surface area contributed by atoms with Crippen LogP contribution in [0.25, 0.3) is 0 Å². The molecule has 2 aliphatic heterocycles. The van der Waals surface area contributed by atoms with Crippen molar-refractivity contribution < 1.29 is 23.4 Å². The van der Waals surface area contributed by atoms with Gasteiger partial charge < -0.3 is 29.7 Å². The number of hydrogen-bond donors (Lipinski definition) is 3. The first-order valence-corrected chi connectivity index (χ1v) is 14.3. The van der Waals surface area contributed by atoms with E-state index in [-0.39, 0.29) is 38.4 Å². The molecule has 3 aliphatic rings. The van der Waals surface area contributed by atoms with Gasteiger partial charge in [-0.1, -0.05) is 11.9 Å². The van der Waals surface area contributed by atoms with Crippen LogP contribution in [0, 0.1) is 18.8 Å². The number of carbonyl (C=O) groups excluding carboxylic acids is 1. The minimum Gasteiger partial charge on any atom is -0.395 e. The Labute approximate surface area is 232 Å². The Morgan fingerprint density at radius 1 is 1.15 bits per heavy atom. The highest BCUT2D eigenvalue weighted by atomic mass is 32.2. The number of alkyl halides is 2. The zero-order valence-corrected chi connectivity index (χ0v) is 23.6. The van der Waals surface area contributed by atoms with Crippen LogP contribution < -0.4 is 19.8 Å². The third-order valence-corrected chi connectivity index (χ3v) is 7.89. The molecule has 3 N–H and O–H groups in total. The first-order valence-electron chi connectivity index (χ1n) is 13.3. The highest BCUT2D eigenvalue weighted by Gasteiger charge is 2.42. The molecule has 1 aromatic carbocycles. The van der Waals surface area contributed by atoms with E-state index < -0.39 is 5.92 Å². The number of ether oxygens (including phenoxy) is 1. The van der Waals surface area contributed by atoms with Crippen LogP contribution in [-0.4, -0.2) is 79.7 Å². The first-order chi connectivity index (χ1) is 18.7. The molecule has 214 valence electrons. The van der Waals surface area contributed by atoms with Gasteiger partial charge in [0.05, 0.1) is 17.9 Å². The standard InChI is InChI=1S/C25H32F2N6O2S.C2H6O/c1-16-12-22(30-24(28-16)32-8-5-25(26,27)6-9-32)29-23(35)20-3-2-19(31-36-11-10-34)14-21(20)33-7-4-17-13-18(17)15-33;1-3-2/h2-3,12,14,17-18,31,34H,4-11,13,15H2,1H3,(H,28,29,30,35);1-2H3. The molecule has 3 heterocycles. The highest BCUT2D eigenvalue weighted by Crippen LogP contribution is 2.46. The molecule has 5 rings (SSSR count). The lowest BCUT2D eigenvalue weighted by molar-refractivity contribution is -0.0222. The van der Waals surface area contributed by atoms with Gasteiger partial charge in [-0.15, -0.1) is 0 Å². The number of nitrogens with zero attached hydrogens (tertiary/aromatic N) is 4. The number of rotatable bonds is 8. The molecule has 39 heavy (non-hydrogen) atoms. The number of benzene rings is 1. The van der Waals surface area contributed by atoms with Gasteiger partial charge in [-0.25, -0.2) is 13.8 Å². The van der Waals surface area contributed by atoms with Crippen LogP contribution in [0.2, 0.25) is 0 Å². The first kappa shape index (κ1) is 29.3. The van der Waals surface area contributed by atoms with E-state index in [1.165, 1.54) is 18.4 Å². The van der Waals surface area contributed by atoms with Gasteiger partial charge in [0.2, 0.25) is 5.95 Å². The molecule has 2 saturated heterocycles. The smallest absolute Gasteiger partial charge is 0.258 e. The number of carbonyl (C=O) groups is 1. The Morgan fingerprint density at radius 2 is 1.90 bits per heavy atom. The number of methoxy groups -OCH3 is 1. The van der Waals surface area contributed by atoms with Gasteiger partial charge in [0.1, 0.15) is 5.82 Å². The normalized spacial score (nSPS) is 21.4. The Kier molecular flexibility index (Phi) is 9.84. The number of aliphatic hydroxyl groups excluding tert-OH is 1. The third kappa shape index (κ3) is 7.92. The second kappa shape index (κ2) is 13.1. The molecule has 2 unspecified atom stereocenters. The molecule has 9 nitrogen and oxygen atoms in total. The summed E-state index contributed by atoms with van der Waals surface area (Å²) in [6.45, 7) is 4.08. The SMILES string of the molecule is COC.Cc1cc(NC(=O)c2ccc(NSCCO)cc2N2CCC3CC3C2)nc(N2CCC(F)(F)CC2)n1. The lowest BCUT2D eigenvalue weighted by Crippen LogP contribution is -2.40. The molecule has 12 heteroatoms. The predicted molar refractivity (Wildman–Crippen MR) is 152 cm³/mol. The Morgan fingerprint density at radius 3 is 2.59 bits per heavy atom. The molecule has 2 atom stereocenters. The van der Waals surface area contributed by atoms with E-state index in [0.29, 0.717) is 34.7 Å². The minimum absolute atomic E-state index is 0.0837. The molecule has 3 fully saturated rings. The maximum Gasteiger partial charge on any atom is 0.258 e. The number of aromatic nitrogens is 2. The van der Waals surface area contributed by atoms with E-state index >= 15 is 0 Å². The van der Waals surface area contributed by atoms with E-state index in [1.807, 2.05) is 18.2 Å². The molecule has 1 saturated carbocycles. The van der Waals surface area contributed by atoms with Crippen LogP contribution in [0.1, 0.15) is 41.7 Å². The summed E-state index contributed by atoms with van der Waals surface area (Å²) in [7, 11) is 3.25. The average Bonchev–Trinajstić information content (AvgIpc) is 3.68. The summed E-state index contributed by atoms with van der Waals surface area (Å²) in [4.78, 5) is 26.4. The van der Waals surface area contributed by atoms with Gasteiger partial charge in [-0.2, -0.15) is 4.98 Å². The average molecular weight is 565 g/mol. The van der Waals surface area contributed by atoms with Crippen molar-refractivity contribution in [1.82, 2.24) is 9.97 Å². The topological polar surface area (TPSA) is 103 Å². The summed E-state index contributed by atoms with van der Waals surface area (Å²) < 4.78 is 34.7. The Hall–Kier alpha value is -2.70. The summed E-state index contributed by atoms with van der Waals surface area (Å²) in [5.74, 6) is -0.136. The van der Waals surface area contributed by atoms with Crippen molar-refractivity contribution in [1.29, 1.82) is 0 Å². The fraction of sp³-hybridized carbons (Fsp3) is 0.593. The minimum atomic E-state index is -2.65. The number of halogens is 2. The Balaban J connectivity index is 0.00000112. The molecule has 2 aromatic rings. The van der Waals surface area contributed by atoms with E-state index in [0.717, 1.165) is 36.8 Å². The zero-order chi connectivity index (χ0) is 28.0. The summed E-state index contributed by atoms with van der Waals surface area (Å²) >= 11 is 1.42. The van der Waals surface area contributed by atoms with Gasteiger partial charge in [0, 0.05) is 76.4 Å². The molecule has 1 aliphatic carbocycles. The van der Waals surface area contributed by atoms with Crippen LogP contribution in [0.3, 0.4) is 0 Å². The third-order valence-electron chi connectivity index (χ3n) is 7.12. The zero-order valence-electron chi connectivity index (χ0n) is 22.8. The van der Waals surface area contributed by atoms with Gasteiger partial charge >= 0.3 is 0 Å². The van der Waals surface area contributed by atoms with Crippen molar-refractivity contribution >= 4 is 41.0 Å². The molecule has 1 amide bonds. The number of hydrogen-bond acceptors (Lipinski definition) is 9. The van der Waals surface area contributed by atoms with Gasteiger partial charge in [-0.3, -0.25) is 4.79 Å². The van der Waals surface area contributed by atoms with Crippen molar-refractivity contribution in [3.63, 3.8) is 0 Å². The van der Waals surface area contributed by atoms with Crippen LogP contribution in [0.4, 0.5) is 31.9 Å². The lowest BCUT2D eigenvalue weighted by atomic mass is 10.1. The number of aryl methyl sites for hydroxylation is 1. The van der Waals surface area contributed by atoms with Crippen LogP contribution >= 0.6 is 11.9 Å². The summed E-state index contributed by atoms with van der Waals surface area (Å²) in [5.41, 5.74) is 2.96. The fourth-order valence-corrected chi connectivity index (χ4v) is 5.49. The fourth-order valence-electron chi connectivity index (χ4n) is 5.01. The maximum atomic E-state index is 13.6. The largest absolute Gasteiger partial charge is 0.395 e. The maximum absolute atomic E-state index is 13.6. The van der Waals surface area contributed by atoms with Crippen LogP contribution in [-0.2, 0) is 4.74 Å². The summed E-state index contributed by atoms with van der Waals surface area (Å²) in [5, 5.41) is 12.0. The number of piperidine rings is 2. The van der Waals surface area contributed by atoms with E-state index in [2.05, 4.69) is 29.6 Å². The highest BCUT2D eigenvalue weighted by molar-refractivity contribution is 8.00. The molecular weight excluding hydrogens is 526 g/mol. The summed E-state index contributed by atoms with van der Waals surface area (Å²) in [6.07, 6.45) is 1.92. The number of nitrogens with one attached hydrogen (secondary N) is 2. The number of amides is 1. The van der Waals surface area contributed by atoms with E-state index in [4.69, 9.17) is 5.11 Å².